The van der Waals surface area contributed by atoms with Gasteiger partial charge in [-0.05, 0) is 42.8 Å². The van der Waals surface area contributed by atoms with Crippen LogP contribution in [-0.4, -0.2) is 64.8 Å². The molecule has 1 amide bonds. The van der Waals surface area contributed by atoms with Crippen LogP contribution in [0.3, 0.4) is 0 Å². The molecule has 1 saturated heterocycles. The lowest BCUT2D eigenvalue weighted by Gasteiger charge is -2.26. The smallest absolute Gasteiger partial charge is 0.262 e. The Morgan fingerprint density at radius 2 is 1.77 bits per heavy atom. The maximum Gasteiger partial charge on any atom is 0.262 e. The first-order valence-electron chi connectivity index (χ1n) is 9.94. The summed E-state index contributed by atoms with van der Waals surface area (Å²) in [6.07, 6.45) is 0. The monoisotopic (exact) mass is 448 g/mol. The van der Waals surface area contributed by atoms with Gasteiger partial charge in [-0.3, -0.25) is 4.79 Å². The average Bonchev–Trinajstić information content (AvgIpc) is 2.78. The van der Waals surface area contributed by atoms with Crippen molar-refractivity contribution in [3.05, 3.63) is 42.0 Å². The van der Waals surface area contributed by atoms with E-state index in [9.17, 15) is 13.2 Å². The first-order chi connectivity index (χ1) is 14.9. The van der Waals surface area contributed by atoms with Crippen molar-refractivity contribution in [2.45, 2.75) is 11.8 Å². The topological polar surface area (TPSA) is 103 Å². The number of anilines is 1. The minimum atomic E-state index is -3.58. The zero-order valence-electron chi connectivity index (χ0n) is 17.1. The van der Waals surface area contributed by atoms with Crippen LogP contribution in [0.15, 0.2) is 41.3 Å². The van der Waals surface area contributed by atoms with Crippen LogP contribution in [0, 0.1) is 6.92 Å². The summed E-state index contributed by atoms with van der Waals surface area (Å²) in [6, 6.07) is 9.78. The number of fused-ring (bicyclic) bond motifs is 1. The van der Waals surface area contributed by atoms with Crippen molar-refractivity contribution < 1.29 is 32.2 Å². The molecule has 4 rings (SSSR count). The predicted octanol–water partition coefficient (Wildman–Crippen LogP) is 1.80. The van der Waals surface area contributed by atoms with Gasteiger partial charge < -0.3 is 24.3 Å². The van der Waals surface area contributed by atoms with Gasteiger partial charge in [0.1, 0.15) is 19.0 Å². The molecule has 166 valence electrons. The normalized spacial score (nSPS) is 16.5. The summed E-state index contributed by atoms with van der Waals surface area (Å²) in [6.45, 7) is 3.93. The Morgan fingerprint density at radius 1 is 1.03 bits per heavy atom. The number of morpholine rings is 1. The number of hydrogen-bond donors (Lipinski definition) is 1. The number of amides is 1. The molecule has 0 aromatic heterocycles. The molecule has 0 radical (unpaired) electrons. The van der Waals surface area contributed by atoms with Crippen molar-refractivity contribution in [3.8, 4) is 17.2 Å². The Kier molecular flexibility index (Phi) is 6.30. The average molecular weight is 448 g/mol. The van der Waals surface area contributed by atoms with Gasteiger partial charge in [0.25, 0.3) is 5.91 Å². The van der Waals surface area contributed by atoms with E-state index in [1.165, 1.54) is 10.4 Å². The maximum absolute atomic E-state index is 12.8. The number of nitrogens with zero attached hydrogens (tertiary/aromatic N) is 1. The summed E-state index contributed by atoms with van der Waals surface area (Å²) in [7, 11) is -3.58. The molecule has 0 aliphatic carbocycles. The van der Waals surface area contributed by atoms with Crippen LogP contribution in [0.4, 0.5) is 5.69 Å². The van der Waals surface area contributed by atoms with Gasteiger partial charge in [0, 0.05) is 24.8 Å². The number of hydrogen-bond acceptors (Lipinski definition) is 7. The van der Waals surface area contributed by atoms with E-state index in [1.807, 2.05) is 0 Å². The Labute approximate surface area is 180 Å². The standard InChI is InChI=1S/C21H24N2O7S/c1-15-12-17(31(25,26)23-6-8-27-9-7-23)3-5-18(15)30-14-21(24)22-16-2-4-19-20(13-16)29-11-10-28-19/h2-5,12-13H,6-11,14H2,1H3,(H,22,24). The van der Waals surface area contributed by atoms with Gasteiger partial charge in [-0.25, -0.2) is 8.42 Å². The van der Waals surface area contributed by atoms with Crippen LogP contribution >= 0.6 is 0 Å². The minimum Gasteiger partial charge on any atom is -0.486 e. The lowest BCUT2D eigenvalue weighted by Crippen LogP contribution is -2.40. The number of nitrogens with one attached hydrogen (secondary N) is 1. The molecule has 2 heterocycles. The molecule has 1 N–H and O–H groups in total. The molecule has 9 nitrogen and oxygen atoms in total. The summed E-state index contributed by atoms with van der Waals surface area (Å²) in [5, 5.41) is 2.75. The largest absolute Gasteiger partial charge is 0.486 e. The van der Waals surface area contributed by atoms with Crippen molar-refractivity contribution in [3.63, 3.8) is 0 Å². The van der Waals surface area contributed by atoms with Crippen LogP contribution in [0.5, 0.6) is 17.2 Å². The third kappa shape index (κ3) is 4.92. The van der Waals surface area contributed by atoms with E-state index in [1.54, 1.807) is 37.3 Å². The van der Waals surface area contributed by atoms with Gasteiger partial charge in [-0.1, -0.05) is 0 Å². The molecule has 0 bridgehead atoms. The van der Waals surface area contributed by atoms with Gasteiger partial charge in [0.2, 0.25) is 10.0 Å². The van der Waals surface area contributed by atoms with E-state index in [-0.39, 0.29) is 17.4 Å². The Bertz CT molecular complexity index is 1070. The number of sulfonamides is 1. The predicted molar refractivity (Wildman–Crippen MR) is 112 cm³/mol. The maximum atomic E-state index is 12.8. The number of ether oxygens (including phenoxy) is 4. The highest BCUT2D eigenvalue weighted by atomic mass is 32.2. The van der Waals surface area contributed by atoms with Crippen molar-refractivity contribution in [1.29, 1.82) is 0 Å². The van der Waals surface area contributed by atoms with Gasteiger partial charge in [-0.2, -0.15) is 4.31 Å². The number of carbonyl (C=O) groups excluding carboxylic acids is 1. The molecular weight excluding hydrogens is 424 g/mol. The second kappa shape index (κ2) is 9.13. The zero-order chi connectivity index (χ0) is 21.8. The first-order valence-corrected chi connectivity index (χ1v) is 11.4. The highest BCUT2D eigenvalue weighted by Gasteiger charge is 2.26. The van der Waals surface area contributed by atoms with Crippen molar-refractivity contribution >= 4 is 21.6 Å². The molecule has 2 aromatic carbocycles. The molecule has 2 aliphatic rings. The third-order valence-electron chi connectivity index (χ3n) is 4.94. The van der Waals surface area contributed by atoms with E-state index in [4.69, 9.17) is 18.9 Å². The van der Waals surface area contributed by atoms with Crippen LogP contribution in [0.2, 0.25) is 0 Å². The lowest BCUT2D eigenvalue weighted by atomic mass is 10.2. The number of benzene rings is 2. The summed E-state index contributed by atoms with van der Waals surface area (Å²) >= 11 is 0. The third-order valence-corrected chi connectivity index (χ3v) is 6.83. The molecule has 2 aromatic rings. The second-order valence-corrected chi connectivity index (χ2v) is 9.08. The summed E-state index contributed by atoms with van der Waals surface area (Å²) < 4.78 is 48.7. The molecule has 0 atom stereocenters. The molecule has 2 aliphatic heterocycles. The number of carbonyl (C=O) groups is 1. The molecule has 10 heteroatoms. The highest BCUT2D eigenvalue weighted by Crippen LogP contribution is 2.32. The fraction of sp³-hybridized carbons (Fsp3) is 0.381. The van der Waals surface area contributed by atoms with Crippen LogP contribution in [-0.2, 0) is 19.6 Å². The van der Waals surface area contributed by atoms with Crippen molar-refractivity contribution in [2.24, 2.45) is 0 Å². The van der Waals surface area contributed by atoms with Gasteiger partial charge in [-0.15, -0.1) is 0 Å². The van der Waals surface area contributed by atoms with Gasteiger partial charge in [0.15, 0.2) is 18.1 Å². The molecule has 0 unspecified atom stereocenters. The molecule has 0 spiro atoms. The number of rotatable bonds is 6. The number of aryl methyl sites for hydroxylation is 1. The summed E-state index contributed by atoms with van der Waals surface area (Å²) in [4.78, 5) is 12.5. The van der Waals surface area contributed by atoms with Crippen molar-refractivity contribution in [2.75, 3.05) is 51.4 Å². The Balaban J connectivity index is 1.37. The zero-order valence-corrected chi connectivity index (χ0v) is 17.9. The molecule has 31 heavy (non-hydrogen) atoms. The fourth-order valence-corrected chi connectivity index (χ4v) is 4.84. The van der Waals surface area contributed by atoms with E-state index in [2.05, 4.69) is 5.32 Å². The van der Waals surface area contributed by atoms with Crippen LogP contribution in [0.25, 0.3) is 0 Å². The Hall–Kier alpha value is -2.82. The highest BCUT2D eigenvalue weighted by molar-refractivity contribution is 7.89. The van der Waals surface area contributed by atoms with Gasteiger partial charge in [0.05, 0.1) is 18.1 Å². The fourth-order valence-electron chi connectivity index (χ4n) is 3.34. The summed E-state index contributed by atoms with van der Waals surface area (Å²) in [5.41, 5.74) is 1.20. The quantitative estimate of drug-likeness (QED) is 0.719. The van der Waals surface area contributed by atoms with E-state index >= 15 is 0 Å². The van der Waals surface area contributed by atoms with Crippen LogP contribution < -0.4 is 19.5 Å². The lowest BCUT2D eigenvalue weighted by molar-refractivity contribution is -0.118. The van der Waals surface area contributed by atoms with Gasteiger partial charge >= 0.3 is 0 Å². The second-order valence-electron chi connectivity index (χ2n) is 7.14. The van der Waals surface area contributed by atoms with E-state index in [0.29, 0.717) is 68.0 Å². The van der Waals surface area contributed by atoms with E-state index < -0.39 is 10.0 Å². The van der Waals surface area contributed by atoms with E-state index in [0.717, 1.165) is 0 Å². The molecule has 1 fully saturated rings. The minimum absolute atomic E-state index is 0.194. The Morgan fingerprint density at radius 3 is 2.52 bits per heavy atom. The molecule has 0 saturated carbocycles. The van der Waals surface area contributed by atoms with Crippen LogP contribution in [0.1, 0.15) is 5.56 Å². The summed E-state index contributed by atoms with van der Waals surface area (Å²) in [5.74, 6) is 1.32. The van der Waals surface area contributed by atoms with Crippen molar-refractivity contribution in [1.82, 2.24) is 4.31 Å². The first kappa shape index (κ1) is 21.4. The SMILES string of the molecule is Cc1cc(S(=O)(=O)N2CCOCC2)ccc1OCC(=O)Nc1ccc2c(c1)OCCO2. The molecular formula is C21H24N2O7S.